The number of amides is 2. The Morgan fingerprint density at radius 3 is 2.54 bits per heavy atom. The molecule has 1 fully saturated rings. The quantitative estimate of drug-likeness (QED) is 0.380. The smallest absolute Gasteiger partial charge is 0.275 e. The van der Waals surface area contributed by atoms with E-state index in [-0.39, 0.29) is 23.8 Å². The number of hydrogen-bond acceptors (Lipinski definition) is 6. The second-order valence-corrected chi connectivity index (χ2v) is 11.0. The number of thiophene rings is 1. The highest BCUT2D eigenvalue weighted by molar-refractivity contribution is 7.17. The molecule has 1 aromatic carbocycles. The summed E-state index contributed by atoms with van der Waals surface area (Å²) >= 11 is 1.36. The molecule has 0 spiro atoms. The molecule has 1 N–H and O–H groups in total. The van der Waals surface area contributed by atoms with E-state index in [4.69, 9.17) is 4.74 Å². The van der Waals surface area contributed by atoms with E-state index < -0.39 is 0 Å². The number of aromatic nitrogens is 2. The topological polar surface area (TPSA) is 93.5 Å². The Balaban J connectivity index is 1.58. The number of anilines is 2. The number of hydrogen-bond donors (Lipinski definition) is 1. The molecule has 2 aromatic heterocycles. The van der Waals surface area contributed by atoms with Gasteiger partial charge in [0.1, 0.15) is 5.69 Å². The molecule has 9 heteroatoms. The van der Waals surface area contributed by atoms with Crippen molar-refractivity contribution in [1.82, 2.24) is 9.55 Å². The number of aryl methyl sites for hydroxylation is 1. The van der Waals surface area contributed by atoms with E-state index >= 15 is 0 Å². The maximum absolute atomic E-state index is 13.7. The summed E-state index contributed by atoms with van der Waals surface area (Å²) in [6.07, 6.45) is 7.89. The predicted molar refractivity (Wildman–Crippen MR) is 146 cm³/mol. The molecular formula is C28H34N4O4S. The molecule has 8 nitrogen and oxygen atoms in total. The van der Waals surface area contributed by atoms with Gasteiger partial charge in [-0.1, -0.05) is 19.1 Å². The predicted octanol–water partition coefficient (Wildman–Crippen LogP) is 5.41. The SMILES string of the molecule is COCC(C)N(c1cc(-c2ccc(NC(=O)c3cn(C)cn3)cc2)sc1C=O)C(=O)[C@H]1CC[C@H](C)CC1. The second kappa shape index (κ2) is 11.8. The van der Waals surface area contributed by atoms with Crippen molar-refractivity contribution in [3.63, 3.8) is 0 Å². The van der Waals surface area contributed by atoms with Crippen LogP contribution in [0.1, 0.15) is 59.7 Å². The Bertz CT molecular complexity index is 1240. The Hall–Kier alpha value is -3.30. The molecule has 0 bridgehead atoms. The fraction of sp³-hybridized carbons (Fsp3) is 0.429. The van der Waals surface area contributed by atoms with E-state index in [2.05, 4.69) is 17.2 Å². The minimum Gasteiger partial charge on any atom is -0.383 e. The normalized spacial score (nSPS) is 18.3. The van der Waals surface area contributed by atoms with Gasteiger partial charge in [0.25, 0.3) is 5.91 Å². The van der Waals surface area contributed by atoms with Gasteiger partial charge in [-0.2, -0.15) is 0 Å². The molecule has 1 aliphatic rings. The number of benzene rings is 1. The van der Waals surface area contributed by atoms with Gasteiger partial charge in [0, 0.05) is 36.8 Å². The fourth-order valence-corrected chi connectivity index (χ4v) is 5.82. The standard InChI is InChI=1S/C28H34N4O4S/c1-18-5-7-21(8-6-18)28(35)32(19(2)16-36-4)24-13-25(37-26(24)15-33)20-9-11-22(12-10-20)30-27(34)23-14-31(3)17-29-23/h9-15,17-19,21H,5-8,16H2,1-4H3,(H,30,34)/t18-,19?,21-. The number of ether oxygens (including phenoxy) is 1. The van der Waals surface area contributed by atoms with Gasteiger partial charge in [-0.15, -0.1) is 11.3 Å². The number of imidazole rings is 1. The van der Waals surface area contributed by atoms with Crippen molar-refractivity contribution in [3.05, 3.63) is 53.4 Å². The van der Waals surface area contributed by atoms with Gasteiger partial charge >= 0.3 is 0 Å². The van der Waals surface area contributed by atoms with Crippen molar-refractivity contribution in [2.75, 3.05) is 23.9 Å². The van der Waals surface area contributed by atoms with Crippen LogP contribution in [0.15, 0.2) is 42.9 Å². The first-order valence-corrected chi connectivity index (χ1v) is 13.4. The Morgan fingerprint density at radius 2 is 1.95 bits per heavy atom. The molecule has 0 saturated heterocycles. The highest BCUT2D eigenvalue weighted by Crippen LogP contribution is 2.39. The molecule has 1 aliphatic carbocycles. The van der Waals surface area contributed by atoms with E-state index in [1.54, 1.807) is 29.1 Å². The summed E-state index contributed by atoms with van der Waals surface area (Å²) in [5.41, 5.74) is 2.51. The molecular weight excluding hydrogens is 488 g/mol. The van der Waals surface area contributed by atoms with Crippen molar-refractivity contribution in [1.29, 1.82) is 0 Å². The molecule has 4 rings (SSSR count). The van der Waals surface area contributed by atoms with Crippen molar-refractivity contribution in [2.45, 2.75) is 45.6 Å². The van der Waals surface area contributed by atoms with Crippen LogP contribution in [0.2, 0.25) is 0 Å². The lowest BCUT2D eigenvalue weighted by Gasteiger charge is -2.34. The molecule has 1 unspecified atom stereocenters. The third-order valence-corrected chi connectivity index (χ3v) is 8.02. The summed E-state index contributed by atoms with van der Waals surface area (Å²) in [5.74, 6) is 0.383. The molecule has 196 valence electrons. The lowest BCUT2D eigenvalue weighted by molar-refractivity contribution is -0.124. The molecule has 2 heterocycles. The second-order valence-electron chi connectivity index (χ2n) is 9.90. The van der Waals surface area contributed by atoms with Crippen LogP contribution in [0.25, 0.3) is 10.4 Å². The Labute approximate surface area is 221 Å². The van der Waals surface area contributed by atoms with Crippen LogP contribution in [-0.4, -0.2) is 47.4 Å². The lowest BCUT2D eigenvalue weighted by atomic mass is 9.82. The van der Waals surface area contributed by atoms with Crippen LogP contribution in [-0.2, 0) is 16.6 Å². The maximum atomic E-state index is 13.7. The Kier molecular flexibility index (Phi) is 8.56. The number of nitrogens with one attached hydrogen (secondary N) is 1. The zero-order valence-corrected chi connectivity index (χ0v) is 22.6. The summed E-state index contributed by atoms with van der Waals surface area (Å²) < 4.78 is 7.10. The van der Waals surface area contributed by atoms with E-state index in [9.17, 15) is 14.4 Å². The first kappa shape index (κ1) is 26.8. The van der Waals surface area contributed by atoms with Crippen molar-refractivity contribution < 1.29 is 19.1 Å². The minimum atomic E-state index is -0.284. The highest BCUT2D eigenvalue weighted by atomic mass is 32.1. The summed E-state index contributed by atoms with van der Waals surface area (Å²) in [6, 6.07) is 9.13. The average molecular weight is 523 g/mol. The van der Waals surface area contributed by atoms with Crippen LogP contribution in [0.3, 0.4) is 0 Å². The van der Waals surface area contributed by atoms with Gasteiger partial charge in [0.05, 0.1) is 29.5 Å². The first-order valence-electron chi connectivity index (χ1n) is 12.6. The van der Waals surface area contributed by atoms with Gasteiger partial charge in [-0.05, 0) is 62.3 Å². The third kappa shape index (κ3) is 6.17. The maximum Gasteiger partial charge on any atom is 0.275 e. The zero-order valence-electron chi connectivity index (χ0n) is 21.8. The number of carbonyl (C=O) groups excluding carboxylic acids is 3. The molecule has 3 aromatic rings. The van der Waals surface area contributed by atoms with E-state index in [1.807, 2.05) is 44.3 Å². The van der Waals surface area contributed by atoms with Gasteiger partial charge in [0.15, 0.2) is 6.29 Å². The van der Waals surface area contributed by atoms with Crippen molar-refractivity contribution in [3.8, 4) is 10.4 Å². The van der Waals surface area contributed by atoms with E-state index in [0.717, 1.165) is 42.4 Å². The molecule has 0 radical (unpaired) electrons. The first-order chi connectivity index (χ1) is 17.8. The van der Waals surface area contributed by atoms with E-state index in [1.165, 1.54) is 11.3 Å². The molecule has 37 heavy (non-hydrogen) atoms. The van der Waals surface area contributed by atoms with E-state index in [0.29, 0.717) is 34.5 Å². The van der Waals surface area contributed by atoms with Gasteiger partial charge in [-0.25, -0.2) is 4.98 Å². The average Bonchev–Trinajstić information content (AvgIpc) is 3.52. The summed E-state index contributed by atoms with van der Waals surface area (Å²) in [6.45, 7) is 4.57. The van der Waals surface area contributed by atoms with Crippen molar-refractivity contribution >= 4 is 40.8 Å². The van der Waals surface area contributed by atoms with Gasteiger partial charge in [-0.3, -0.25) is 14.4 Å². The number of methoxy groups -OCH3 is 1. The highest BCUT2D eigenvalue weighted by Gasteiger charge is 2.33. The summed E-state index contributed by atoms with van der Waals surface area (Å²) in [7, 11) is 3.43. The van der Waals surface area contributed by atoms with Crippen LogP contribution >= 0.6 is 11.3 Å². The number of aldehydes is 1. The van der Waals surface area contributed by atoms with Crippen LogP contribution in [0.5, 0.6) is 0 Å². The van der Waals surface area contributed by atoms with Gasteiger partial charge in [0.2, 0.25) is 5.91 Å². The number of carbonyl (C=O) groups is 3. The number of nitrogens with zero attached hydrogens (tertiary/aromatic N) is 3. The molecule has 1 atom stereocenters. The largest absolute Gasteiger partial charge is 0.383 e. The minimum absolute atomic E-state index is 0.0413. The molecule has 2 amide bonds. The van der Waals surface area contributed by atoms with Crippen LogP contribution in [0.4, 0.5) is 11.4 Å². The zero-order chi connectivity index (χ0) is 26.5. The van der Waals surface area contributed by atoms with Crippen molar-refractivity contribution in [2.24, 2.45) is 18.9 Å². The van der Waals surface area contributed by atoms with Crippen LogP contribution < -0.4 is 10.2 Å². The van der Waals surface area contributed by atoms with Gasteiger partial charge < -0.3 is 19.5 Å². The monoisotopic (exact) mass is 522 g/mol. The van der Waals surface area contributed by atoms with Crippen LogP contribution in [0, 0.1) is 11.8 Å². The fourth-order valence-electron chi connectivity index (χ4n) is 4.85. The molecule has 1 saturated carbocycles. The summed E-state index contributed by atoms with van der Waals surface area (Å²) in [4.78, 5) is 45.4. The third-order valence-electron chi connectivity index (χ3n) is 6.92. The number of rotatable bonds is 9. The lowest BCUT2D eigenvalue weighted by Crippen LogP contribution is -2.45. The summed E-state index contributed by atoms with van der Waals surface area (Å²) in [5, 5.41) is 2.85. The Morgan fingerprint density at radius 1 is 1.24 bits per heavy atom. The molecule has 0 aliphatic heterocycles.